The number of phenols is 2. The fraction of sp³-hybridized carbons (Fsp3) is 0.192. The predicted molar refractivity (Wildman–Crippen MR) is 124 cm³/mol. The Hall–Kier alpha value is -4.17. The van der Waals surface area contributed by atoms with E-state index in [0.29, 0.717) is 40.3 Å². The van der Waals surface area contributed by atoms with Crippen molar-refractivity contribution in [1.82, 2.24) is 9.55 Å². The molecule has 172 valence electrons. The lowest BCUT2D eigenvalue weighted by Crippen LogP contribution is -2.44. The molecule has 4 heterocycles. The van der Waals surface area contributed by atoms with Crippen molar-refractivity contribution in [1.29, 1.82) is 0 Å². The van der Waals surface area contributed by atoms with E-state index in [0.717, 1.165) is 10.9 Å². The minimum absolute atomic E-state index is 0.110. The number of aromatic nitrogens is 2. The number of hydrogen-bond acceptors (Lipinski definition) is 7. The summed E-state index contributed by atoms with van der Waals surface area (Å²) in [6.45, 7) is 1.87. The monoisotopic (exact) mass is 458 g/mol. The van der Waals surface area contributed by atoms with Crippen molar-refractivity contribution in [2.24, 2.45) is 0 Å². The number of esters is 1. The van der Waals surface area contributed by atoms with E-state index in [1.54, 1.807) is 60.0 Å². The standard InChI is InChI=1S/C20H16N2O5.C6H6O/c1-2-20(26)14-7-16-17-11(5-10-6-12(23)3-4-15(10)21-17)8-22(16)18(24)13(14)9-27-19(20)25;7-6-4-2-1-3-5-6/h3-7,23,26H,2,8-9H2,1H3;1-5,7H. The lowest BCUT2D eigenvalue weighted by Gasteiger charge is -2.31. The van der Waals surface area contributed by atoms with Gasteiger partial charge in [-0.2, -0.15) is 0 Å². The Bertz CT molecular complexity index is 1500. The highest BCUT2D eigenvalue weighted by Gasteiger charge is 2.45. The van der Waals surface area contributed by atoms with Gasteiger partial charge in [0.1, 0.15) is 18.1 Å². The summed E-state index contributed by atoms with van der Waals surface area (Å²) < 4.78 is 6.65. The number of phenolic OH excluding ortho intramolecular Hbond substituents is 2. The number of cyclic esters (lactones) is 1. The highest BCUT2D eigenvalue weighted by molar-refractivity contribution is 5.86. The Morgan fingerprint density at radius 3 is 2.47 bits per heavy atom. The van der Waals surface area contributed by atoms with Crippen LogP contribution in [0.5, 0.6) is 11.5 Å². The van der Waals surface area contributed by atoms with Crippen LogP contribution in [0.15, 0.2) is 65.5 Å². The first-order valence-electron chi connectivity index (χ1n) is 10.9. The third-order valence-corrected chi connectivity index (χ3v) is 6.25. The first-order valence-corrected chi connectivity index (χ1v) is 10.9. The fourth-order valence-electron chi connectivity index (χ4n) is 4.40. The van der Waals surface area contributed by atoms with E-state index < -0.39 is 11.6 Å². The normalized spacial score (nSPS) is 17.8. The molecule has 2 aliphatic heterocycles. The summed E-state index contributed by atoms with van der Waals surface area (Å²) >= 11 is 0. The Morgan fingerprint density at radius 1 is 1.03 bits per heavy atom. The molecule has 0 saturated carbocycles. The van der Waals surface area contributed by atoms with Gasteiger partial charge in [-0.3, -0.25) is 4.79 Å². The number of ether oxygens (including phenoxy) is 1. The molecule has 34 heavy (non-hydrogen) atoms. The molecule has 3 N–H and O–H groups in total. The molecular formula is C26H22N2O6. The quantitative estimate of drug-likeness (QED) is 0.330. The fourth-order valence-corrected chi connectivity index (χ4v) is 4.40. The van der Waals surface area contributed by atoms with Gasteiger partial charge in [0, 0.05) is 16.5 Å². The molecule has 0 bridgehead atoms. The Kier molecular flexibility index (Phi) is 5.10. The second-order valence-electron chi connectivity index (χ2n) is 8.31. The maximum atomic E-state index is 13.0. The van der Waals surface area contributed by atoms with Crippen molar-refractivity contribution < 1.29 is 24.9 Å². The first-order chi connectivity index (χ1) is 16.3. The highest BCUT2D eigenvalue weighted by atomic mass is 16.6. The van der Waals surface area contributed by atoms with Crippen LogP contribution in [0.3, 0.4) is 0 Å². The van der Waals surface area contributed by atoms with Crippen LogP contribution in [0.1, 0.15) is 30.0 Å². The summed E-state index contributed by atoms with van der Waals surface area (Å²) in [7, 11) is 0. The van der Waals surface area contributed by atoms with Gasteiger partial charge in [-0.1, -0.05) is 25.1 Å². The number of aromatic hydroxyl groups is 2. The predicted octanol–water partition coefficient (Wildman–Crippen LogP) is 3.18. The van der Waals surface area contributed by atoms with E-state index in [1.807, 2.05) is 12.1 Å². The van der Waals surface area contributed by atoms with Gasteiger partial charge in [0.25, 0.3) is 5.56 Å². The minimum atomic E-state index is -1.83. The van der Waals surface area contributed by atoms with E-state index in [1.165, 1.54) is 0 Å². The smallest absolute Gasteiger partial charge is 0.343 e. The second kappa shape index (κ2) is 8.00. The number of para-hydroxylation sites is 1. The number of nitrogens with zero attached hydrogens (tertiary/aromatic N) is 2. The number of carbonyl (C=O) groups is 1. The minimum Gasteiger partial charge on any atom is -0.508 e. The van der Waals surface area contributed by atoms with E-state index in [4.69, 9.17) is 9.84 Å². The molecule has 0 spiro atoms. The lowest BCUT2D eigenvalue weighted by atomic mass is 9.86. The van der Waals surface area contributed by atoms with Gasteiger partial charge in [0.2, 0.25) is 0 Å². The number of hydrogen-bond donors (Lipinski definition) is 3. The van der Waals surface area contributed by atoms with E-state index in [9.17, 15) is 19.8 Å². The topological polar surface area (TPSA) is 122 Å². The van der Waals surface area contributed by atoms with Crippen molar-refractivity contribution in [3.8, 4) is 22.9 Å². The van der Waals surface area contributed by atoms with Crippen LogP contribution in [0.4, 0.5) is 0 Å². The van der Waals surface area contributed by atoms with Crippen molar-refractivity contribution in [2.75, 3.05) is 0 Å². The van der Waals surface area contributed by atoms with E-state index in [-0.39, 0.29) is 24.3 Å². The largest absolute Gasteiger partial charge is 0.508 e. The molecule has 6 rings (SSSR count). The van der Waals surface area contributed by atoms with E-state index >= 15 is 0 Å². The summed E-state index contributed by atoms with van der Waals surface area (Å²) in [5.74, 6) is -0.263. The molecule has 1 unspecified atom stereocenters. The van der Waals surface area contributed by atoms with Crippen LogP contribution in [0.2, 0.25) is 0 Å². The molecule has 1 atom stereocenters. The number of pyridine rings is 2. The van der Waals surface area contributed by atoms with Gasteiger partial charge in [0.05, 0.1) is 29.0 Å². The lowest BCUT2D eigenvalue weighted by molar-refractivity contribution is -0.172. The second-order valence-corrected chi connectivity index (χ2v) is 8.31. The maximum Gasteiger partial charge on any atom is 0.343 e. The molecule has 4 aromatic rings. The van der Waals surface area contributed by atoms with Gasteiger partial charge in [0.15, 0.2) is 5.60 Å². The maximum absolute atomic E-state index is 13.0. The zero-order valence-corrected chi connectivity index (χ0v) is 18.4. The Balaban J connectivity index is 0.000000297. The molecule has 8 nitrogen and oxygen atoms in total. The first kappa shape index (κ1) is 21.7. The summed E-state index contributed by atoms with van der Waals surface area (Å²) in [6, 6.07) is 17.2. The molecule has 0 aliphatic carbocycles. The molecule has 2 aromatic carbocycles. The van der Waals surface area contributed by atoms with Crippen molar-refractivity contribution in [3.05, 3.63) is 87.7 Å². The van der Waals surface area contributed by atoms with Crippen molar-refractivity contribution in [3.63, 3.8) is 0 Å². The molecule has 0 fully saturated rings. The summed E-state index contributed by atoms with van der Waals surface area (Å²) in [6.07, 6.45) is 0.110. The molecule has 2 aliphatic rings. The van der Waals surface area contributed by atoms with Crippen LogP contribution in [0.25, 0.3) is 22.3 Å². The molecule has 8 heteroatoms. The van der Waals surface area contributed by atoms with Crippen LogP contribution < -0.4 is 5.56 Å². The highest BCUT2D eigenvalue weighted by Crippen LogP contribution is 2.38. The van der Waals surface area contributed by atoms with E-state index in [2.05, 4.69) is 4.98 Å². The number of benzene rings is 2. The van der Waals surface area contributed by atoms with Crippen LogP contribution in [-0.4, -0.2) is 30.8 Å². The van der Waals surface area contributed by atoms with Gasteiger partial charge in [-0.05, 0) is 48.9 Å². The zero-order chi connectivity index (χ0) is 24.0. The Morgan fingerprint density at radius 2 is 1.79 bits per heavy atom. The molecule has 0 amide bonds. The average Bonchev–Trinajstić information content (AvgIpc) is 3.19. The van der Waals surface area contributed by atoms with Gasteiger partial charge >= 0.3 is 5.97 Å². The van der Waals surface area contributed by atoms with Gasteiger partial charge in [-0.25, -0.2) is 9.78 Å². The van der Waals surface area contributed by atoms with Crippen LogP contribution >= 0.6 is 0 Å². The van der Waals surface area contributed by atoms with Crippen LogP contribution in [-0.2, 0) is 28.3 Å². The summed E-state index contributed by atoms with van der Waals surface area (Å²) in [5, 5.41) is 29.9. The third kappa shape index (κ3) is 3.39. The zero-order valence-electron chi connectivity index (χ0n) is 18.4. The van der Waals surface area contributed by atoms with Crippen LogP contribution in [0, 0.1) is 0 Å². The number of fused-ring (bicyclic) bond motifs is 5. The molecule has 0 radical (unpaired) electrons. The molecule has 2 aromatic heterocycles. The Labute approximate surface area is 194 Å². The number of carbonyl (C=O) groups excluding carboxylic acids is 1. The number of rotatable bonds is 1. The van der Waals surface area contributed by atoms with Gasteiger partial charge < -0.3 is 24.6 Å². The summed E-state index contributed by atoms with van der Waals surface area (Å²) in [4.78, 5) is 29.8. The third-order valence-electron chi connectivity index (χ3n) is 6.25. The van der Waals surface area contributed by atoms with Crippen molar-refractivity contribution in [2.45, 2.75) is 32.1 Å². The summed E-state index contributed by atoms with van der Waals surface area (Å²) in [5.41, 5.74) is 1.25. The van der Waals surface area contributed by atoms with Gasteiger partial charge in [-0.15, -0.1) is 0 Å². The molecule has 0 saturated heterocycles. The average molecular weight is 458 g/mol. The SMILES string of the molecule is CCC1(O)C(=O)OCc2c1cc1n(c2=O)Cc2cc3cc(O)ccc3nc2-1.Oc1ccccc1. The molecular weight excluding hydrogens is 436 g/mol. The van der Waals surface area contributed by atoms with Crippen molar-refractivity contribution >= 4 is 16.9 Å². The number of aliphatic hydroxyl groups is 1.